The average Bonchev–Trinajstić information content (AvgIpc) is 3.61. The number of carbonyl (C=O) groups is 1. The summed E-state index contributed by atoms with van der Waals surface area (Å²) in [5.41, 5.74) is 2.90. The van der Waals surface area contributed by atoms with Crippen molar-refractivity contribution in [1.82, 2.24) is 15.1 Å². The van der Waals surface area contributed by atoms with Crippen molar-refractivity contribution in [2.24, 2.45) is 5.41 Å². The van der Waals surface area contributed by atoms with E-state index in [0.29, 0.717) is 39.2 Å². The Kier molecular flexibility index (Phi) is 8.22. The minimum Gasteiger partial charge on any atom is -0.506 e. The van der Waals surface area contributed by atoms with Crippen LogP contribution in [0.3, 0.4) is 0 Å². The van der Waals surface area contributed by atoms with Gasteiger partial charge in [0.25, 0.3) is 0 Å². The van der Waals surface area contributed by atoms with E-state index in [1.807, 2.05) is 24.3 Å². The number of nitrogens with one attached hydrogen (secondary N) is 1. The minimum absolute atomic E-state index is 0.0759. The maximum Gasteiger partial charge on any atom is 0.416 e. The number of alkyl halides is 3. The topological polar surface area (TPSA) is 90.8 Å². The van der Waals surface area contributed by atoms with E-state index in [1.165, 1.54) is 30.6 Å². The van der Waals surface area contributed by atoms with Gasteiger partial charge in [-0.15, -0.1) is 10.2 Å². The van der Waals surface area contributed by atoms with E-state index in [9.17, 15) is 23.1 Å². The van der Waals surface area contributed by atoms with Crippen molar-refractivity contribution < 1.29 is 27.8 Å². The van der Waals surface area contributed by atoms with Crippen LogP contribution in [0.1, 0.15) is 55.1 Å². The highest BCUT2D eigenvalue weighted by Gasteiger charge is 2.49. The summed E-state index contributed by atoms with van der Waals surface area (Å²) in [5.74, 6) is -0.363. The lowest BCUT2D eigenvalue weighted by Gasteiger charge is -2.42. The second-order valence-electron chi connectivity index (χ2n) is 13.2. The second-order valence-corrected chi connectivity index (χ2v) is 14.2. The smallest absolute Gasteiger partial charge is 0.416 e. The molecule has 2 N–H and O–H groups in total. The molecule has 1 aromatic heterocycles. The predicted octanol–water partition coefficient (Wildman–Crippen LogP) is 7.99. The van der Waals surface area contributed by atoms with E-state index in [0.717, 1.165) is 55.9 Å². The van der Waals surface area contributed by atoms with Crippen molar-refractivity contribution in [3.8, 4) is 16.3 Å². The molecule has 1 fully saturated rings. The summed E-state index contributed by atoms with van der Waals surface area (Å²) in [5, 5.41) is 24.1. The van der Waals surface area contributed by atoms with Crippen molar-refractivity contribution in [2.45, 2.75) is 45.2 Å². The monoisotopic (exact) mass is 651 g/mol. The van der Waals surface area contributed by atoms with Crippen LogP contribution in [0, 0.1) is 5.41 Å². The molecule has 6 rings (SSSR count). The first-order valence-corrected chi connectivity index (χ1v) is 15.9. The number of likely N-dealkylation sites (tertiary alicyclic amines) is 1. The number of benzene rings is 3. The molecule has 0 unspecified atom stereocenters. The van der Waals surface area contributed by atoms with E-state index in [1.54, 1.807) is 12.1 Å². The molecule has 0 atom stereocenters. The number of phenols is 1. The number of carbonyl (C=O) groups excluding carboxylic acids is 1. The van der Waals surface area contributed by atoms with Crippen molar-refractivity contribution >= 4 is 39.5 Å². The SMILES string of the molecule is COC(=O)c1ccc(O)c2c1C1(CCN(CC(C)(C)C)CC1)CN2c1ccccc1Nc1nnc(-c2ccc(C(F)(F)F)cc2)s1. The van der Waals surface area contributed by atoms with Gasteiger partial charge >= 0.3 is 12.1 Å². The van der Waals surface area contributed by atoms with Crippen molar-refractivity contribution in [3.05, 3.63) is 77.4 Å². The van der Waals surface area contributed by atoms with Crippen LogP contribution in [0.25, 0.3) is 10.6 Å². The molecular weight excluding hydrogens is 615 g/mol. The number of esters is 1. The zero-order chi connectivity index (χ0) is 32.9. The van der Waals surface area contributed by atoms with Crippen LogP contribution in [0.4, 0.5) is 35.4 Å². The molecule has 1 saturated heterocycles. The number of ether oxygens (including phenoxy) is 1. The maximum atomic E-state index is 13.1. The molecule has 2 aliphatic heterocycles. The number of halogens is 3. The Hall–Kier alpha value is -4.16. The number of anilines is 4. The van der Waals surface area contributed by atoms with Crippen molar-refractivity contribution in [2.75, 3.05) is 43.5 Å². The van der Waals surface area contributed by atoms with Gasteiger partial charge in [0.15, 0.2) is 0 Å². The quantitative estimate of drug-likeness (QED) is 0.203. The standard InChI is InChI=1S/C34H36F3N5O3S/c1-32(2,3)19-41-17-15-33(16-18-41)20-42(28-26(43)14-13-23(27(28)33)30(44)45-4)25-8-6-5-7-24(25)38-31-40-39-29(46-31)21-9-11-22(12-10-21)34(35,36)37/h5-14,43H,15-20H2,1-4H3,(H,38,40). The summed E-state index contributed by atoms with van der Waals surface area (Å²) >= 11 is 1.22. The average molecular weight is 652 g/mol. The minimum atomic E-state index is -4.42. The largest absolute Gasteiger partial charge is 0.506 e. The van der Waals surface area contributed by atoms with E-state index >= 15 is 0 Å². The van der Waals surface area contributed by atoms with Crippen LogP contribution in [0.5, 0.6) is 5.75 Å². The van der Waals surface area contributed by atoms with E-state index in [-0.39, 0.29) is 11.2 Å². The number of rotatable bonds is 6. The van der Waals surface area contributed by atoms with Gasteiger partial charge in [0.2, 0.25) is 5.13 Å². The molecule has 0 amide bonds. The first-order valence-electron chi connectivity index (χ1n) is 15.1. The molecule has 8 nitrogen and oxygen atoms in total. The van der Waals surface area contributed by atoms with Crippen LogP contribution < -0.4 is 10.2 Å². The summed E-state index contributed by atoms with van der Waals surface area (Å²) in [6.45, 7) is 9.92. The molecule has 0 radical (unpaired) electrons. The first-order chi connectivity index (χ1) is 21.8. The number of piperidine rings is 1. The zero-order valence-electron chi connectivity index (χ0n) is 26.1. The number of aromatic hydroxyl groups is 1. The second kappa shape index (κ2) is 11.9. The van der Waals surface area contributed by atoms with Gasteiger partial charge in [-0.25, -0.2) is 4.79 Å². The highest BCUT2D eigenvalue weighted by Crippen LogP contribution is 2.55. The fourth-order valence-corrected chi connectivity index (χ4v) is 7.44. The Labute approximate surface area is 269 Å². The first kappa shape index (κ1) is 31.8. The molecular formula is C34H36F3N5O3S. The fourth-order valence-electron chi connectivity index (χ4n) is 6.68. The van der Waals surface area contributed by atoms with Crippen LogP contribution in [-0.2, 0) is 16.3 Å². The van der Waals surface area contributed by atoms with Crippen LogP contribution in [0.2, 0.25) is 0 Å². The van der Waals surface area contributed by atoms with E-state index in [4.69, 9.17) is 4.74 Å². The van der Waals surface area contributed by atoms with Crippen LogP contribution in [0.15, 0.2) is 60.7 Å². The maximum absolute atomic E-state index is 13.1. The number of aromatic nitrogens is 2. The molecule has 4 aromatic rings. The Bertz CT molecular complexity index is 1740. The lowest BCUT2D eigenvalue weighted by Crippen LogP contribution is -2.47. The van der Waals surface area contributed by atoms with Gasteiger partial charge in [-0.2, -0.15) is 13.2 Å². The molecule has 0 aliphatic carbocycles. The summed E-state index contributed by atoms with van der Waals surface area (Å²) in [6.07, 6.45) is -2.80. The highest BCUT2D eigenvalue weighted by molar-refractivity contribution is 7.18. The third kappa shape index (κ3) is 6.15. The normalized spacial score (nSPS) is 16.5. The van der Waals surface area contributed by atoms with Crippen LogP contribution in [-0.4, -0.2) is 59.5 Å². The highest BCUT2D eigenvalue weighted by atomic mass is 32.1. The third-order valence-electron chi connectivity index (χ3n) is 8.65. The van der Waals surface area contributed by atoms with Gasteiger partial charge < -0.3 is 25.0 Å². The van der Waals surface area contributed by atoms with Crippen LogP contribution >= 0.6 is 11.3 Å². The predicted molar refractivity (Wildman–Crippen MR) is 173 cm³/mol. The lowest BCUT2D eigenvalue weighted by atomic mass is 9.72. The van der Waals surface area contributed by atoms with E-state index < -0.39 is 23.1 Å². The third-order valence-corrected chi connectivity index (χ3v) is 9.54. The molecule has 1 spiro atoms. The number of phenolic OH excluding ortho intramolecular Hbond substituents is 1. The van der Waals surface area contributed by atoms with Crippen molar-refractivity contribution in [3.63, 3.8) is 0 Å². The van der Waals surface area contributed by atoms with Gasteiger partial charge in [-0.1, -0.05) is 56.4 Å². The van der Waals surface area contributed by atoms with Gasteiger partial charge in [-0.05, 0) is 67.7 Å². The van der Waals surface area contributed by atoms with Gasteiger partial charge in [0.1, 0.15) is 10.8 Å². The molecule has 2 aliphatic rings. The van der Waals surface area contributed by atoms with Gasteiger partial charge in [-0.3, -0.25) is 0 Å². The number of hydrogen-bond acceptors (Lipinski definition) is 9. The van der Waals surface area contributed by atoms with Gasteiger partial charge in [0, 0.05) is 29.6 Å². The zero-order valence-corrected chi connectivity index (χ0v) is 26.9. The number of nitrogens with zero attached hydrogens (tertiary/aromatic N) is 4. The van der Waals surface area contributed by atoms with Crippen molar-refractivity contribution in [1.29, 1.82) is 0 Å². The fraction of sp³-hybridized carbons (Fsp3) is 0.382. The Morgan fingerprint density at radius 2 is 1.72 bits per heavy atom. The molecule has 3 heterocycles. The number of methoxy groups -OCH3 is 1. The number of hydrogen-bond donors (Lipinski definition) is 2. The number of fused-ring (bicyclic) bond motifs is 2. The molecule has 242 valence electrons. The van der Waals surface area contributed by atoms with E-state index in [2.05, 4.69) is 46.1 Å². The Morgan fingerprint density at radius 1 is 1.02 bits per heavy atom. The lowest BCUT2D eigenvalue weighted by molar-refractivity contribution is -0.137. The molecule has 0 bridgehead atoms. The Balaban J connectivity index is 1.34. The summed E-state index contributed by atoms with van der Waals surface area (Å²) in [7, 11) is 1.37. The molecule has 12 heteroatoms. The molecule has 0 saturated carbocycles. The molecule has 46 heavy (non-hydrogen) atoms. The summed E-state index contributed by atoms with van der Waals surface area (Å²) in [4.78, 5) is 17.6. The number of para-hydroxylation sites is 2. The van der Waals surface area contributed by atoms with Gasteiger partial charge in [0.05, 0.1) is 35.3 Å². The Morgan fingerprint density at radius 3 is 2.37 bits per heavy atom. The summed E-state index contributed by atoms with van der Waals surface area (Å²) in [6, 6.07) is 15.7. The molecule has 3 aromatic carbocycles. The summed E-state index contributed by atoms with van der Waals surface area (Å²) < 4.78 is 44.3.